The Morgan fingerprint density at radius 3 is 2.79 bits per heavy atom. The van der Waals surface area contributed by atoms with Crippen molar-refractivity contribution < 1.29 is 4.79 Å². The Labute approximate surface area is 111 Å². The van der Waals surface area contributed by atoms with Gasteiger partial charge < -0.3 is 5.32 Å². The van der Waals surface area contributed by atoms with E-state index in [-0.39, 0.29) is 17.8 Å². The number of rotatable bonds is 4. The first kappa shape index (κ1) is 11.9. The third-order valence-corrected chi connectivity index (χ3v) is 3.32. The summed E-state index contributed by atoms with van der Waals surface area (Å²) in [7, 11) is 0. The largest absolute Gasteiger partial charge is 0.343 e. The highest BCUT2D eigenvalue weighted by molar-refractivity contribution is 5.90. The lowest BCUT2D eigenvalue weighted by molar-refractivity contribution is 0.0929. The summed E-state index contributed by atoms with van der Waals surface area (Å²) in [6, 6.07) is 9.77. The lowest BCUT2D eigenvalue weighted by Gasteiger charge is -2.12. The number of carbonyl (C=O) groups excluding carboxylic acids is 1. The molecule has 0 aliphatic heterocycles. The summed E-state index contributed by atoms with van der Waals surface area (Å²) >= 11 is 0. The van der Waals surface area contributed by atoms with Crippen molar-refractivity contribution in [2.24, 2.45) is 0 Å². The molecule has 5 heteroatoms. The van der Waals surface area contributed by atoms with E-state index >= 15 is 0 Å². The van der Waals surface area contributed by atoms with E-state index in [1.807, 2.05) is 37.3 Å². The fourth-order valence-electron chi connectivity index (χ4n) is 2.00. The Balaban J connectivity index is 1.66. The van der Waals surface area contributed by atoms with Crippen LogP contribution in [-0.2, 0) is 0 Å². The maximum atomic E-state index is 12.0. The zero-order chi connectivity index (χ0) is 13.2. The zero-order valence-corrected chi connectivity index (χ0v) is 10.8. The van der Waals surface area contributed by atoms with E-state index in [4.69, 9.17) is 0 Å². The van der Waals surface area contributed by atoms with Gasteiger partial charge in [0.25, 0.3) is 5.91 Å². The highest BCUT2D eigenvalue weighted by Crippen LogP contribution is 2.37. The fourth-order valence-corrected chi connectivity index (χ4v) is 2.00. The van der Waals surface area contributed by atoms with Crippen LogP contribution in [0.1, 0.15) is 53.7 Å². The summed E-state index contributed by atoms with van der Waals surface area (Å²) < 4.78 is 0. The van der Waals surface area contributed by atoms with Crippen molar-refractivity contribution in [3.8, 4) is 0 Å². The Bertz CT molecular complexity index is 574. The van der Waals surface area contributed by atoms with Crippen LogP contribution in [0.5, 0.6) is 0 Å². The van der Waals surface area contributed by atoms with Gasteiger partial charge in [-0.2, -0.15) is 0 Å². The minimum absolute atomic E-state index is 0.0587. The Morgan fingerprint density at radius 1 is 1.37 bits per heavy atom. The van der Waals surface area contributed by atoms with Crippen molar-refractivity contribution >= 4 is 5.91 Å². The van der Waals surface area contributed by atoms with Gasteiger partial charge in [0.1, 0.15) is 5.82 Å². The second-order valence-electron chi connectivity index (χ2n) is 4.92. The van der Waals surface area contributed by atoms with Gasteiger partial charge in [-0.15, -0.1) is 5.10 Å². The lowest BCUT2D eigenvalue weighted by Crippen LogP contribution is -2.27. The summed E-state index contributed by atoms with van der Waals surface area (Å²) in [6.45, 7) is 1.95. The molecule has 1 amide bonds. The molecule has 1 atom stereocenters. The Hall–Kier alpha value is -2.17. The molecule has 3 rings (SSSR count). The molecule has 0 saturated heterocycles. The van der Waals surface area contributed by atoms with Crippen LogP contribution in [0.2, 0.25) is 0 Å². The molecule has 1 saturated carbocycles. The third kappa shape index (κ3) is 2.65. The van der Waals surface area contributed by atoms with Gasteiger partial charge in [-0.05, 0) is 25.3 Å². The SMILES string of the molecule is C[C@@H](NC(=O)c1n[nH]c(C2CC2)n1)c1ccccc1. The molecule has 0 unspecified atom stereocenters. The minimum Gasteiger partial charge on any atom is -0.343 e. The van der Waals surface area contributed by atoms with Gasteiger partial charge in [0.05, 0.1) is 6.04 Å². The first-order chi connectivity index (χ1) is 9.24. The third-order valence-electron chi connectivity index (χ3n) is 3.32. The normalized spacial score (nSPS) is 16.1. The molecular weight excluding hydrogens is 240 g/mol. The summed E-state index contributed by atoms with van der Waals surface area (Å²) in [6.07, 6.45) is 2.27. The molecule has 1 heterocycles. The number of benzene rings is 1. The van der Waals surface area contributed by atoms with E-state index in [0.717, 1.165) is 24.2 Å². The smallest absolute Gasteiger partial charge is 0.291 e. The Kier molecular flexibility index (Phi) is 3.03. The number of hydrogen-bond acceptors (Lipinski definition) is 3. The van der Waals surface area contributed by atoms with Crippen molar-refractivity contribution in [1.29, 1.82) is 0 Å². The molecule has 2 N–H and O–H groups in total. The molecule has 1 aliphatic carbocycles. The van der Waals surface area contributed by atoms with Crippen LogP contribution < -0.4 is 5.32 Å². The van der Waals surface area contributed by atoms with Crippen molar-refractivity contribution in [3.05, 3.63) is 47.5 Å². The van der Waals surface area contributed by atoms with E-state index in [0.29, 0.717) is 5.92 Å². The predicted octanol–water partition coefficient (Wildman–Crippen LogP) is 2.17. The number of carbonyl (C=O) groups is 1. The molecule has 0 spiro atoms. The van der Waals surface area contributed by atoms with Crippen LogP contribution in [0.25, 0.3) is 0 Å². The van der Waals surface area contributed by atoms with Gasteiger partial charge >= 0.3 is 0 Å². The number of nitrogens with zero attached hydrogens (tertiary/aromatic N) is 2. The van der Waals surface area contributed by atoms with E-state index in [1.165, 1.54) is 0 Å². The number of hydrogen-bond donors (Lipinski definition) is 2. The van der Waals surface area contributed by atoms with Crippen molar-refractivity contribution in [3.63, 3.8) is 0 Å². The average molecular weight is 256 g/mol. The first-order valence-electron chi connectivity index (χ1n) is 6.52. The molecule has 0 bridgehead atoms. The number of amides is 1. The zero-order valence-electron chi connectivity index (χ0n) is 10.8. The Morgan fingerprint density at radius 2 is 2.11 bits per heavy atom. The van der Waals surface area contributed by atoms with Crippen LogP contribution in [0.4, 0.5) is 0 Å². The number of aromatic nitrogens is 3. The van der Waals surface area contributed by atoms with Gasteiger partial charge in [-0.25, -0.2) is 4.98 Å². The van der Waals surface area contributed by atoms with Crippen LogP contribution in [0, 0.1) is 0 Å². The maximum Gasteiger partial charge on any atom is 0.291 e. The molecule has 2 aromatic rings. The molecule has 1 aromatic heterocycles. The molecule has 1 aromatic carbocycles. The number of aromatic amines is 1. The minimum atomic E-state index is -0.237. The molecule has 1 aliphatic rings. The topological polar surface area (TPSA) is 70.7 Å². The van der Waals surface area contributed by atoms with Crippen molar-refractivity contribution in [2.75, 3.05) is 0 Å². The fraction of sp³-hybridized carbons (Fsp3) is 0.357. The van der Waals surface area contributed by atoms with Crippen LogP contribution in [0.15, 0.2) is 30.3 Å². The quantitative estimate of drug-likeness (QED) is 0.880. The maximum absolute atomic E-state index is 12.0. The number of H-pyrrole nitrogens is 1. The van der Waals surface area contributed by atoms with Gasteiger partial charge in [-0.3, -0.25) is 9.89 Å². The monoisotopic (exact) mass is 256 g/mol. The summed E-state index contributed by atoms with van der Waals surface area (Å²) in [4.78, 5) is 16.3. The molecule has 0 radical (unpaired) electrons. The average Bonchev–Trinajstić information content (AvgIpc) is 3.17. The lowest BCUT2D eigenvalue weighted by atomic mass is 10.1. The van der Waals surface area contributed by atoms with E-state index in [1.54, 1.807) is 0 Å². The highest BCUT2D eigenvalue weighted by Gasteiger charge is 2.28. The molecule has 19 heavy (non-hydrogen) atoms. The summed E-state index contributed by atoms with van der Waals surface area (Å²) in [5.74, 6) is 1.29. The second kappa shape index (κ2) is 4.84. The van der Waals surface area contributed by atoms with Crippen molar-refractivity contribution in [1.82, 2.24) is 20.5 Å². The van der Waals surface area contributed by atoms with Crippen LogP contribution in [0.3, 0.4) is 0 Å². The van der Waals surface area contributed by atoms with E-state index < -0.39 is 0 Å². The summed E-state index contributed by atoms with van der Waals surface area (Å²) in [5.41, 5.74) is 1.06. The second-order valence-corrected chi connectivity index (χ2v) is 4.92. The van der Waals surface area contributed by atoms with E-state index in [9.17, 15) is 4.79 Å². The van der Waals surface area contributed by atoms with Gasteiger partial charge in [-0.1, -0.05) is 30.3 Å². The van der Waals surface area contributed by atoms with Gasteiger partial charge in [0.15, 0.2) is 0 Å². The molecule has 1 fully saturated rings. The highest BCUT2D eigenvalue weighted by atomic mass is 16.2. The van der Waals surface area contributed by atoms with Gasteiger partial charge in [0, 0.05) is 5.92 Å². The van der Waals surface area contributed by atoms with E-state index in [2.05, 4.69) is 20.5 Å². The predicted molar refractivity (Wildman–Crippen MR) is 70.7 cm³/mol. The number of nitrogens with one attached hydrogen (secondary N) is 2. The standard InChI is InChI=1S/C14H16N4O/c1-9(10-5-3-2-4-6-10)15-14(19)13-16-12(17-18-13)11-7-8-11/h2-6,9,11H,7-8H2,1H3,(H,15,19)(H,16,17,18)/t9-/m1/s1. The molecule has 5 nitrogen and oxygen atoms in total. The molecular formula is C14H16N4O. The van der Waals surface area contributed by atoms with Crippen molar-refractivity contribution in [2.45, 2.75) is 31.7 Å². The summed E-state index contributed by atoms with van der Waals surface area (Å²) in [5, 5.41) is 9.72. The molecule has 98 valence electrons. The van der Waals surface area contributed by atoms with Gasteiger partial charge in [0.2, 0.25) is 5.82 Å². The van der Waals surface area contributed by atoms with Crippen LogP contribution >= 0.6 is 0 Å². The van der Waals surface area contributed by atoms with Crippen LogP contribution in [-0.4, -0.2) is 21.1 Å². The first-order valence-corrected chi connectivity index (χ1v) is 6.52.